The molecule has 10 rings (SSSR count). The topological polar surface area (TPSA) is 51.6 Å². The highest BCUT2D eigenvalue weighted by atomic mass is 14.9. The fourth-order valence-corrected chi connectivity index (χ4v) is 7.59. The van der Waals surface area contributed by atoms with Crippen LogP contribution in [0.3, 0.4) is 0 Å². The highest BCUT2D eigenvalue weighted by Crippen LogP contribution is 2.42. The van der Waals surface area contributed by atoms with Crippen LogP contribution in [0, 0.1) is 0 Å². The summed E-state index contributed by atoms with van der Waals surface area (Å²) in [6.07, 6.45) is 0. The number of benzene rings is 8. The molecular weight excluding hydrogens is 681 g/mol. The molecule has 0 bridgehead atoms. The average molecular weight is 715 g/mol. The SMILES string of the molecule is c1ccc(-c2nc(-c3ccc(-c4cccc(-c5ccccc5)c4-c4ccc(-c5nc(-c6ccccc6)nc6ccccc56)cc4)cc3)c3ccccc3n2)cc1. The first-order valence-electron chi connectivity index (χ1n) is 18.8. The summed E-state index contributed by atoms with van der Waals surface area (Å²) in [4.78, 5) is 20.1. The maximum atomic E-state index is 5.13. The van der Waals surface area contributed by atoms with Gasteiger partial charge in [-0.25, -0.2) is 19.9 Å². The Hall–Kier alpha value is -7.56. The van der Waals surface area contributed by atoms with Crippen LogP contribution < -0.4 is 0 Å². The van der Waals surface area contributed by atoms with Gasteiger partial charge in [0.15, 0.2) is 11.6 Å². The van der Waals surface area contributed by atoms with Crippen LogP contribution in [0.2, 0.25) is 0 Å². The van der Waals surface area contributed by atoms with Crippen LogP contribution in [0.25, 0.3) is 100 Å². The molecule has 56 heavy (non-hydrogen) atoms. The molecule has 0 radical (unpaired) electrons. The van der Waals surface area contributed by atoms with E-state index in [0.717, 1.165) is 83.8 Å². The predicted molar refractivity (Wildman–Crippen MR) is 231 cm³/mol. The van der Waals surface area contributed by atoms with Crippen molar-refractivity contribution < 1.29 is 0 Å². The summed E-state index contributed by atoms with van der Waals surface area (Å²) in [5.41, 5.74) is 14.7. The second-order valence-electron chi connectivity index (χ2n) is 13.8. The van der Waals surface area contributed by atoms with Crippen molar-refractivity contribution in [1.29, 1.82) is 0 Å². The van der Waals surface area contributed by atoms with Gasteiger partial charge in [-0.3, -0.25) is 0 Å². The number of hydrogen-bond donors (Lipinski definition) is 0. The Kier molecular flexibility index (Phi) is 8.47. The molecule has 0 aliphatic heterocycles. The second-order valence-corrected chi connectivity index (χ2v) is 13.8. The van der Waals surface area contributed by atoms with E-state index in [2.05, 4.69) is 152 Å². The summed E-state index contributed by atoms with van der Waals surface area (Å²) in [7, 11) is 0. The molecule has 0 spiro atoms. The van der Waals surface area contributed by atoms with Gasteiger partial charge in [0.2, 0.25) is 0 Å². The lowest BCUT2D eigenvalue weighted by molar-refractivity contribution is 1.23. The lowest BCUT2D eigenvalue weighted by Gasteiger charge is -2.17. The van der Waals surface area contributed by atoms with Crippen molar-refractivity contribution in [2.75, 3.05) is 0 Å². The van der Waals surface area contributed by atoms with E-state index in [9.17, 15) is 0 Å². The van der Waals surface area contributed by atoms with Crippen LogP contribution in [-0.2, 0) is 0 Å². The fourth-order valence-electron chi connectivity index (χ4n) is 7.59. The molecule has 0 amide bonds. The van der Waals surface area contributed by atoms with Gasteiger partial charge in [-0.1, -0.05) is 194 Å². The normalized spacial score (nSPS) is 11.2. The van der Waals surface area contributed by atoms with Crippen molar-refractivity contribution >= 4 is 21.8 Å². The molecule has 2 heterocycles. The molecule has 0 saturated carbocycles. The zero-order chi connectivity index (χ0) is 37.3. The van der Waals surface area contributed by atoms with E-state index in [1.54, 1.807) is 0 Å². The molecular formula is C52H34N4. The van der Waals surface area contributed by atoms with Gasteiger partial charge in [-0.15, -0.1) is 0 Å². The van der Waals surface area contributed by atoms with E-state index < -0.39 is 0 Å². The molecule has 8 aromatic carbocycles. The zero-order valence-corrected chi connectivity index (χ0v) is 30.4. The molecule has 0 saturated heterocycles. The molecule has 0 aliphatic rings. The molecule has 2 aromatic heterocycles. The summed E-state index contributed by atoms with van der Waals surface area (Å²) in [6, 6.07) is 71.7. The number of nitrogens with zero attached hydrogens (tertiary/aromatic N) is 4. The van der Waals surface area contributed by atoms with Crippen molar-refractivity contribution in [3.63, 3.8) is 0 Å². The van der Waals surface area contributed by atoms with Crippen LogP contribution in [0.1, 0.15) is 0 Å². The van der Waals surface area contributed by atoms with Crippen LogP contribution in [0.5, 0.6) is 0 Å². The Labute approximate surface area is 325 Å². The Morgan fingerprint density at radius 3 is 1.05 bits per heavy atom. The van der Waals surface area contributed by atoms with Crippen molar-refractivity contribution in [3.05, 3.63) is 206 Å². The van der Waals surface area contributed by atoms with E-state index in [4.69, 9.17) is 19.9 Å². The standard InChI is InChI=1S/C52H34N4/c1-4-15-35(16-5-1)42-23-14-24-43(36-27-31-38(32-28-36)49-44-21-10-12-25-46(44)53-51(55-49)40-17-6-2-7-18-40)48(42)37-29-33-39(34-30-37)50-45-22-11-13-26-47(45)54-52(56-50)41-19-8-3-9-20-41/h1-34H. The minimum atomic E-state index is 0.717. The molecule has 0 N–H and O–H groups in total. The molecule has 4 nitrogen and oxygen atoms in total. The lowest BCUT2D eigenvalue weighted by Crippen LogP contribution is -1.96. The van der Waals surface area contributed by atoms with E-state index in [1.165, 1.54) is 16.7 Å². The zero-order valence-electron chi connectivity index (χ0n) is 30.4. The smallest absolute Gasteiger partial charge is 0.160 e. The number of aromatic nitrogens is 4. The maximum absolute atomic E-state index is 5.13. The maximum Gasteiger partial charge on any atom is 0.160 e. The summed E-state index contributed by atoms with van der Waals surface area (Å²) in [6.45, 7) is 0. The van der Waals surface area contributed by atoms with Crippen LogP contribution >= 0.6 is 0 Å². The monoisotopic (exact) mass is 714 g/mol. The summed E-state index contributed by atoms with van der Waals surface area (Å²) >= 11 is 0. The number of para-hydroxylation sites is 2. The fraction of sp³-hybridized carbons (Fsp3) is 0. The Balaban J connectivity index is 1.08. The molecule has 0 unspecified atom stereocenters. The molecule has 262 valence electrons. The van der Waals surface area contributed by atoms with E-state index >= 15 is 0 Å². The highest BCUT2D eigenvalue weighted by Gasteiger charge is 2.17. The minimum Gasteiger partial charge on any atom is -0.228 e. The molecule has 4 heteroatoms. The van der Waals surface area contributed by atoms with Crippen molar-refractivity contribution in [3.8, 4) is 78.7 Å². The van der Waals surface area contributed by atoms with Crippen molar-refractivity contribution in [2.24, 2.45) is 0 Å². The van der Waals surface area contributed by atoms with Crippen LogP contribution in [0.15, 0.2) is 206 Å². The Bertz CT molecular complexity index is 2980. The average Bonchev–Trinajstić information content (AvgIpc) is 3.29. The van der Waals surface area contributed by atoms with E-state index in [1.807, 2.05) is 54.6 Å². The Morgan fingerprint density at radius 1 is 0.232 bits per heavy atom. The van der Waals surface area contributed by atoms with Gasteiger partial charge < -0.3 is 0 Å². The van der Waals surface area contributed by atoms with Gasteiger partial charge in [-0.2, -0.15) is 0 Å². The van der Waals surface area contributed by atoms with Crippen LogP contribution in [-0.4, -0.2) is 19.9 Å². The van der Waals surface area contributed by atoms with Gasteiger partial charge >= 0.3 is 0 Å². The summed E-state index contributed by atoms with van der Waals surface area (Å²) in [5, 5.41) is 2.05. The molecule has 0 fully saturated rings. The van der Waals surface area contributed by atoms with Gasteiger partial charge in [-0.05, 0) is 45.5 Å². The quantitative estimate of drug-likeness (QED) is 0.165. The Morgan fingerprint density at radius 2 is 0.589 bits per heavy atom. The van der Waals surface area contributed by atoms with Gasteiger partial charge in [0.25, 0.3) is 0 Å². The largest absolute Gasteiger partial charge is 0.228 e. The van der Waals surface area contributed by atoms with Gasteiger partial charge in [0.1, 0.15) is 0 Å². The highest BCUT2D eigenvalue weighted by molar-refractivity contribution is 5.98. The minimum absolute atomic E-state index is 0.717. The van der Waals surface area contributed by atoms with Crippen LogP contribution in [0.4, 0.5) is 0 Å². The third-order valence-corrected chi connectivity index (χ3v) is 10.3. The number of fused-ring (bicyclic) bond motifs is 2. The first kappa shape index (κ1) is 33.0. The van der Waals surface area contributed by atoms with Gasteiger partial charge in [0.05, 0.1) is 22.4 Å². The van der Waals surface area contributed by atoms with Gasteiger partial charge in [0, 0.05) is 33.0 Å². The number of hydrogen-bond acceptors (Lipinski definition) is 4. The van der Waals surface area contributed by atoms with Crippen molar-refractivity contribution in [1.82, 2.24) is 19.9 Å². The predicted octanol–water partition coefficient (Wildman–Crippen LogP) is 13.2. The molecule has 0 aliphatic carbocycles. The first-order valence-corrected chi connectivity index (χ1v) is 18.8. The summed E-state index contributed by atoms with van der Waals surface area (Å²) in [5.74, 6) is 1.44. The third kappa shape index (κ3) is 6.19. The number of rotatable bonds is 7. The van der Waals surface area contributed by atoms with E-state index in [-0.39, 0.29) is 0 Å². The second kappa shape index (κ2) is 14.3. The third-order valence-electron chi connectivity index (χ3n) is 10.3. The lowest BCUT2D eigenvalue weighted by atomic mass is 9.87. The summed E-state index contributed by atoms with van der Waals surface area (Å²) < 4.78 is 0. The first-order chi connectivity index (χ1) is 27.8. The van der Waals surface area contributed by atoms with E-state index in [0.29, 0.717) is 0 Å². The van der Waals surface area contributed by atoms with Crippen molar-refractivity contribution in [2.45, 2.75) is 0 Å². The molecule has 0 atom stereocenters. The molecule has 10 aromatic rings.